The van der Waals surface area contributed by atoms with E-state index in [1.54, 1.807) is 32.3 Å². The lowest BCUT2D eigenvalue weighted by Crippen LogP contribution is -2.30. The van der Waals surface area contributed by atoms with Gasteiger partial charge in [0.15, 0.2) is 5.76 Å². The largest absolute Gasteiger partial charge is 0.503 e. The van der Waals surface area contributed by atoms with Gasteiger partial charge in [0.25, 0.3) is 5.91 Å². The molecule has 1 N–H and O–H groups in total. The Hall–Kier alpha value is -3.93. The molecule has 1 amide bonds. The van der Waals surface area contributed by atoms with Gasteiger partial charge < -0.3 is 24.2 Å². The molecule has 1 heterocycles. The first-order valence-corrected chi connectivity index (χ1v) is 11.6. The summed E-state index contributed by atoms with van der Waals surface area (Å²) in [5.41, 5.74) is 4.28. The zero-order valence-electron chi connectivity index (χ0n) is 20.7. The molecule has 0 fully saturated rings. The number of rotatable bonds is 8. The Morgan fingerprint density at radius 3 is 2.06 bits per heavy atom. The van der Waals surface area contributed by atoms with Crippen LogP contribution in [-0.2, 0) is 11.3 Å². The van der Waals surface area contributed by atoms with E-state index in [0.29, 0.717) is 28.7 Å². The molecule has 6 nitrogen and oxygen atoms in total. The number of carbonyl (C=O) groups excluding carboxylic acids is 1. The van der Waals surface area contributed by atoms with Crippen LogP contribution < -0.4 is 14.2 Å². The number of ether oxygens (including phenoxy) is 3. The quantitative estimate of drug-likeness (QED) is 0.442. The number of benzene rings is 3. The second-order valence-corrected chi connectivity index (χ2v) is 8.83. The van der Waals surface area contributed by atoms with E-state index >= 15 is 0 Å². The van der Waals surface area contributed by atoms with Crippen LogP contribution in [0.25, 0.3) is 5.57 Å². The van der Waals surface area contributed by atoms with Gasteiger partial charge >= 0.3 is 0 Å². The highest BCUT2D eigenvalue weighted by Crippen LogP contribution is 2.45. The zero-order valence-corrected chi connectivity index (χ0v) is 20.7. The summed E-state index contributed by atoms with van der Waals surface area (Å²) in [5, 5.41) is 11.1. The third-order valence-electron chi connectivity index (χ3n) is 6.46. The molecule has 1 aliphatic rings. The lowest BCUT2D eigenvalue weighted by molar-refractivity contribution is -0.130. The van der Waals surface area contributed by atoms with Gasteiger partial charge in [-0.1, -0.05) is 50.2 Å². The molecule has 6 heteroatoms. The van der Waals surface area contributed by atoms with Gasteiger partial charge in [-0.15, -0.1) is 0 Å². The zero-order chi connectivity index (χ0) is 25.1. The van der Waals surface area contributed by atoms with E-state index < -0.39 is 11.9 Å². The van der Waals surface area contributed by atoms with E-state index in [2.05, 4.69) is 26.0 Å². The van der Waals surface area contributed by atoms with Gasteiger partial charge in [0.05, 0.1) is 33.9 Å². The Morgan fingerprint density at radius 2 is 1.49 bits per heavy atom. The fraction of sp³-hybridized carbons (Fsp3) is 0.276. The minimum atomic E-state index is -0.469. The van der Waals surface area contributed by atoms with Crippen molar-refractivity contribution in [2.45, 2.75) is 32.4 Å². The molecule has 0 spiro atoms. The second-order valence-electron chi connectivity index (χ2n) is 8.83. The number of aliphatic hydroxyl groups excluding tert-OH is 1. The van der Waals surface area contributed by atoms with Crippen LogP contribution >= 0.6 is 0 Å². The predicted molar refractivity (Wildman–Crippen MR) is 136 cm³/mol. The summed E-state index contributed by atoms with van der Waals surface area (Å²) in [5.74, 6) is 1.70. The Morgan fingerprint density at radius 1 is 0.857 bits per heavy atom. The normalized spacial score (nSPS) is 15.7. The molecule has 0 aliphatic carbocycles. The summed E-state index contributed by atoms with van der Waals surface area (Å²) in [6.07, 6.45) is 0. The first-order chi connectivity index (χ1) is 16.9. The summed E-state index contributed by atoms with van der Waals surface area (Å²) in [6, 6.07) is 20.7. The van der Waals surface area contributed by atoms with Crippen LogP contribution in [0.1, 0.15) is 48.1 Å². The lowest BCUT2D eigenvalue weighted by atomic mass is 9.91. The van der Waals surface area contributed by atoms with Crippen LogP contribution in [0.5, 0.6) is 17.2 Å². The van der Waals surface area contributed by atoms with Gasteiger partial charge in [0, 0.05) is 17.2 Å². The monoisotopic (exact) mass is 473 g/mol. The SMILES string of the molecule is COc1ccc(C2=C(O)C(=O)N(Cc3ccc(OC)cc3OC)[C@H]2c2ccc(C(C)C)cc2)cc1. The highest BCUT2D eigenvalue weighted by Gasteiger charge is 2.41. The molecule has 1 atom stereocenters. The van der Waals surface area contributed by atoms with Crippen LogP contribution in [0, 0.1) is 0 Å². The van der Waals surface area contributed by atoms with Gasteiger partial charge in [-0.3, -0.25) is 4.79 Å². The average molecular weight is 474 g/mol. The third kappa shape index (κ3) is 4.69. The van der Waals surface area contributed by atoms with Crippen molar-refractivity contribution in [3.8, 4) is 17.2 Å². The van der Waals surface area contributed by atoms with Crippen LogP contribution in [0.4, 0.5) is 0 Å². The van der Waals surface area contributed by atoms with Gasteiger partial charge in [-0.25, -0.2) is 0 Å². The first kappa shape index (κ1) is 24.2. The Labute approximate surface area is 206 Å². The average Bonchev–Trinajstić information content (AvgIpc) is 3.13. The highest BCUT2D eigenvalue weighted by molar-refractivity contribution is 6.05. The fourth-order valence-electron chi connectivity index (χ4n) is 4.46. The molecule has 0 saturated heterocycles. The van der Waals surface area contributed by atoms with Crippen molar-refractivity contribution in [1.82, 2.24) is 4.90 Å². The standard InChI is InChI=1S/C29H31NO5/c1-18(2)19-6-8-21(9-7-19)27-26(20-10-13-23(33-3)14-11-20)28(31)29(32)30(27)17-22-12-15-24(34-4)16-25(22)35-5/h6-16,18,27,31H,17H2,1-5H3/t27-/m0/s1. The van der Waals surface area contributed by atoms with Crippen molar-refractivity contribution in [2.24, 2.45) is 0 Å². The van der Waals surface area contributed by atoms with Gasteiger partial charge in [0.2, 0.25) is 0 Å². The van der Waals surface area contributed by atoms with E-state index in [0.717, 1.165) is 16.7 Å². The Kier molecular flexibility index (Phi) is 7.01. The van der Waals surface area contributed by atoms with E-state index in [1.807, 2.05) is 48.5 Å². The minimum Gasteiger partial charge on any atom is -0.503 e. The topological polar surface area (TPSA) is 68.2 Å². The number of aliphatic hydroxyl groups is 1. The molecule has 3 aromatic rings. The molecule has 4 rings (SSSR count). The van der Waals surface area contributed by atoms with Gasteiger partial charge in [0.1, 0.15) is 17.2 Å². The second kappa shape index (κ2) is 10.1. The van der Waals surface area contributed by atoms with E-state index in [1.165, 1.54) is 5.56 Å². The Bertz CT molecular complexity index is 1230. The molecule has 0 unspecified atom stereocenters. The molecule has 3 aromatic carbocycles. The lowest BCUT2D eigenvalue weighted by Gasteiger charge is -2.28. The molecular weight excluding hydrogens is 442 g/mol. The van der Waals surface area contributed by atoms with Crippen LogP contribution in [-0.4, -0.2) is 37.2 Å². The molecule has 182 valence electrons. The number of nitrogens with zero attached hydrogens (tertiary/aromatic N) is 1. The van der Waals surface area contributed by atoms with Gasteiger partial charge in [-0.2, -0.15) is 0 Å². The summed E-state index contributed by atoms with van der Waals surface area (Å²) in [4.78, 5) is 15.1. The van der Waals surface area contributed by atoms with Crippen LogP contribution in [0.15, 0.2) is 72.5 Å². The summed E-state index contributed by atoms with van der Waals surface area (Å²) < 4.78 is 16.2. The number of methoxy groups -OCH3 is 3. The molecule has 0 aromatic heterocycles. The summed E-state index contributed by atoms with van der Waals surface area (Å²) in [6.45, 7) is 4.54. The number of amides is 1. The number of hydrogen-bond acceptors (Lipinski definition) is 5. The van der Waals surface area contributed by atoms with Crippen molar-refractivity contribution in [2.75, 3.05) is 21.3 Å². The van der Waals surface area contributed by atoms with E-state index in [9.17, 15) is 9.90 Å². The minimum absolute atomic E-state index is 0.249. The maximum atomic E-state index is 13.4. The molecule has 0 radical (unpaired) electrons. The van der Waals surface area contributed by atoms with Crippen molar-refractivity contribution in [3.05, 3.63) is 94.7 Å². The highest BCUT2D eigenvalue weighted by atomic mass is 16.5. The third-order valence-corrected chi connectivity index (χ3v) is 6.46. The molecule has 35 heavy (non-hydrogen) atoms. The fourth-order valence-corrected chi connectivity index (χ4v) is 4.46. The van der Waals surface area contributed by atoms with Crippen LogP contribution in [0.2, 0.25) is 0 Å². The van der Waals surface area contributed by atoms with Crippen molar-refractivity contribution >= 4 is 11.5 Å². The van der Waals surface area contributed by atoms with Crippen molar-refractivity contribution < 1.29 is 24.1 Å². The molecule has 0 bridgehead atoms. The molecule has 1 aliphatic heterocycles. The van der Waals surface area contributed by atoms with Gasteiger partial charge in [-0.05, 0) is 46.9 Å². The summed E-state index contributed by atoms with van der Waals surface area (Å²) >= 11 is 0. The number of hydrogen-bond donors (Lipinski definition) is 1. The van der Waals surface area contributed by atoms with E-state index in [-0.39, 0.29) is 12.3 Å². The maximum absolute atomic E-state index is 13.4. The smallest absolute Gasteiger partial charge is 0.290 e. The number of carbonyl (C=O) groups is 1. The van der Waals surface area contributed by atoms with Crippen molar-refractivity contribution in [1.29, 1.82) is 0 Å². The molecular formula is C29H31NO5. The maximum Gasteiger partial charge on any atom is 0.290 e. The first-order valence-electron chi connectivity index (χ1n) is 11.6. The molecule has 0 saturated carbocycles. The Balaban J connectivity index is 1.80. The van der Waals surface area contributed by atoms with E-state index in [4.69, 9.17) is 14.2 Å². The van der Waals surface area contributed by atoms with Crippen LogP contribution in [0.3, 0.4) is 0 Å². The summed E-state index contributed by atoms with van der Waals surface area (Å²) in [7, 11) is 4.79. The van der Waals surface area contributed by atoms with Crippen molar-refractivity contribution in [3.63, 3.8) is 0 Å². The predicted octanol–water partition coefficient (Wildman–Crippen LogP) is 5.89.